The third-order valence-electron chi connectivity index (χ3n) is 8.46. The van der Waals surface area contributed by atoms with Gasteiger partial charge in [-0.05, 0) is 18.9 Å². The molecule has 204 valence electrons. The molecule has 0 aromatic carbocycles. The Labute approximate surface area is 222 Å². The fourth-order valence-electron chi connectivity index (χ4n) is 6.78. The van der Waals surface area contributed by atoms with Crippen LogP contribution in [0.15, 0.2) is 59.6 Å². The fraction of sp³-hybridized carbons (Fsp3) is 0.517. The Morgan fingerprint density at radius 2 is 1.87 bits per heavy atom. The van der Waals surface area contributed by atoms with Crippen LogP contribution in [0, 0.1) is 16.7 Å². The van der Waals surface area contributed by atoms with E-state index in [0.29, 0.717) is 25.1 Å². The molecule has 4 aliphatic rings. The Bertz CT molecular complexity index is 1200. The SMILES string of the molecule is C=CCN(/C=C1\C(=O)O[C@@H](COC)[C@]2(C)C1=C(O)C(=O)C1=C2[C@@H](OC(C)=O)C[C@]2(C)C(=O)CC[C@H]12)CC=C. The topological polar surface area (TPSA) is 119 Å². The van der Waals surface area contributed by atoms with Crippen molar-refractivity contribution in [1.82, 2.24) is 4.90 Å². The highest BCUT2D eigenvalue weighted by atomic mass is 16.6. The van der Waals surface area contributed by atoms with E-state index in [1.54, 1.807) is 30.9 Å². The molecule has 0 aromatic heterocycles. The summed E-state index contributed by atoms with van der Waals surface area (Å²) in [6.07, 6.45) is 3.89. The molecule has 1 heterocycles. The van der Waals surface area contributed by atoms with Crippen LogP contribution in [0.2, 0.25) is 0 Å². The second kappa shape index (κ2) is 10.0. The number of methoxy groups -OCH3 is 1. The molecule has 0 unspecified atom stereocenters. The van der Waals surface area contributed by atoms with E-state index in [2.05, 4.69) is 13.2 Å². The Kier molecular flexibility index (Phi) is 7.27. The Hall–Kier alpha value is -3.46. The number of aliphatic hydroxyl groups is 1. The number of carbonyl (C=O) groups excluding carboxylic acids is 4. The summed E-state index contributed by atoms with van der Waals surface area (Å²) in [6, 6.07) is 0. The smallest absolute Gasteiger partial charge is 0.340 e. The van der Waals surface area contributed by atoms with Crippen LogP contribution < -0.4 is 0 Å². The first kappa shape index (κ1) is 27.6. The maximum atomic E-state index is 14.0. The van der Waals surface area contributed by atoms with Crippen molar-refractivity contribution in [2.45, 2.75) is 52.2 Å². The summed E-state index contributed by atoms with van der Waals surface area (Å²) in [5.41, 5.74) is -1.35. The average Bonchev–Trinajstić information content (AvgIpc) is 3.13. The zero-order chi connectivity index (χ0) is 28.0. The molecule has 5 atom stereocenters. The number of allylic oxidation sites excluding steroid dienone is 1. The lowest BCUT2D eigenvalue weighted by molar-refractivity contribution is -0.160. The average molecular weight is 526 g/mol. The summed E-state index contributed by atoms with van der Waals surface area (Å²) in [5.74, 6) is -2.99. The number of ketones is 2. The minimum atomic E-state index is -1.27. The fourth-order valence-corrected chi connectivity index (χ4v) is 6.78. The van der Waals surface area contributed by atoms with Gasteiger partial charge in [-0.3, -0.25) is 14.4 Å². The third-order valence-corrected chi connectivity index (χ3v) is 8.46. The maximum Gasteiger partial charge on any atom is 0.340 e. The lowest BCUT2D eigenvalue weighted by Crippen LogP contribution is -2.57. The van der Waals surface area contributed by atoms with E-state index >= 15 is 0 Å². The summed E-state index contributed by atoms with van der Waals surface area (Å²) < 4.78 is 17.1. The molecule has 1 N–H and O–H groups in total. The zero-order valence-electron chi connectivity index (χ0n) is 22.4. The van der Waals surface area contributed by atoms with Crippen molar-refractivity contribution in [3.05, 3.63) is 59.6 Å². The van der Waals surface area contributed by atoms with Crippen LogP contribution in [0.3, 0.4) is 0 Å². The van der Waals surface area contributed by atoms with E-state index in [0.717, 1.165) is 0 Å². The van der Waals surface area contributed by atoms with Gasteiger partial charge in [0.05, 0.1) is 17.6 Å². The van der Waals surface area contributed by atoms with Crippen molar-refractivity contribution in [2.24, 2.45) is 16.7 Å². The van der Waals surface area contributed by atoms with E-state index in [9.17, 15) is 24.3 Å². The number of hydrogen-bond acceptors (Lipinski definition) is 9. The van der Waals surface area contributed by atoms with Gasteiger partial charge in [0.1, 0.15) is 18.0 Å². The second-order valence-electron chi connectivity index (χ2n) is 10.7. The quantitative estimate of drug-likeness (QED) is 0.290. The van der Waals surface area contributed by atoms with Gasteiger partial charge >= 0.3 is 11.9 Å². The zero-order valence-corrected chi connectivity index (χ0v) is 22.4. The van der Waals surface area contributed by atoms with Crippen molar-refractivity contribution >= 4 is 23.5 Å². The molecule has 0 aromatic rings. The normalized spacial score (nSPS) is 33.4. The number of rotatable bonds is 8. The van der Waals surface area contributed by atoms with Crippen LogP contribution >= 0.6 is 0 Å². The molecule has 9 nitrogen and oxygen atoms in total. The Morgan fingerprint density at radius 3 is 2.45 bits per heavy atom. The van der Waals surface area contributed by atoms with Gasteiger partial charge in [-0.2, -0.15) is 0 Å². The number of hydrogen-bond donors (Lipinski definition) is 1. The summed E-state index contributed by atoms with van der Waals surface area (Å²) in [6.45, 7) is 13.0. The monoisotopic (exact) mass is 525 g/mol. The Balaban J connectivity index is 2.02. The lowest BCUT2D eigenvalue weighted by Gasteiger charge is -2.53. The molecule has 1 saturated heterocycles. The number of nitrogens with zero attached hydrogens (tertiary/aromatic N) is 1. The van der Waals surface area contributed by atoms with Gasteiger partial charge in [-0.25, -0.2) is 4.79 Å². The van der Waals surface area contributed by atoms with Crippen LogP contribution in [-0.4, -0.2) is 72.5 Å². The predicted molar refractivity (Wildman–Crippen MR) is 138 cm³/mol. The summed E-state index contributed by atoms with van der Waals surface area (Å²) in [7, 11) is 1.46. The largest absolute Gasteiger partial charge is 0.504 e. The maximum absolute atomic E-state index is 14.0. The second-order valence-corrected chi connectivity index (χ2v) is 10.7. The van der Waals surface area contributed by atoms with Gasteiger partial charge in [0.2, 0.25) is 5.78 Å². The van der Waals surface area contributed by atoms with E-state index in [1.807, 2.05) is 0 Å². The number of aliphatic hydroxyl groups excluding tert-OH is 1. The molecule has 3 aliphatic carbocycles. The van der Waals surface area contributed by atoms with Crippen LogP contribution in [0.25, 0.3) is 0 Å². The first-order chi connectivity index (χ1) is 17.9. The molecule has 0 amide bonds. The van der Waals surface area contributed by atoms with Crippen LogP contribution in [0.5, 0.6) is 0 Å². The minimum absolute atomic E-state index is 0.00740. The highest BCUT2D eigenvalue weighted by Gasteiger charge is 2.64. The molecular weight excluding hydrogens is 490 g/mol. The lowest BCUT2D eigenvalue weighted by atomic mass is 9.53. The summed E-state index contributed by atoms with van der Waals surface area (Å²) in [4.78, 5) is 54.3. The number of cyclic esters (lactones) is 1. The van der Waals surface area contributed by atoms with E-state index in [-0.39, 0.29) is 42.0 Å². The predicted octanol–water partition coefficient (Wildman–Crippen LogP) is 3.13. The minimum Gasteiger partial charge on any atom is -0.504 e. The van der Waals surface area contributed by atoms with Gasteiger partial charge in [0.25, 0.3) is 0 Å². The standard InChI is InChI=1S/C29H35NO8/c1-7-11-30(12-8-2)14-17-23-26(34)25(33)22-18-9-10-20(32)28(18,4)13-19(37-16(3)31)24(22)29(23,5)21(15-36-6)38-27(17)35/h7-8,14,18-19,21,34H,1-2,9-13,15H2,3-6H3/b17-14-/t18-,19+,21+,28+,29-/m1/s1. The first-order valence-corrected chi connectivity index (χ1v) is 12.8. The first-order valence-electron chi connectivity index (χ1n) is 12.8. The van der Waals surface area contributed by atoms with Gasteiger partial charge in [-0.1, -0.05) is 19.1 Å². The van der Waals surface area contributed by atoms with E-state index in [1.165, 1.54) is 20.2 Å². The Morgan fingerprint density at radius 1 is 1.21 bits per heavy atom. The highest BCUT2D eigenvalue weighted by Crippen LogP contribution is 2.62. The molecule has 1 aliphatic heterocycles. The number of Topliss-reactive ketones (excluding diaryl/α,β-unsaturated/α-hetero) is 2. The number of carbonyl (C=O) groups is 4. The number of fused-ring (bicyclic) bond motifs is 4. The van der Waals surface area contributed by atoms with Crippen molar-refractivity contribution in [3.8, 4) is 0 Å². The highest BCUT2D eigenvalue weighted by molar-refractivity contribution is 6.14. The molecule has 0 radical (unpaired) electrons. The molecule has 9 heteroatoms. The van der Waals surface area contributed by atoms with Gasteiger partial charge in [-0.15, -0.1) is 13.2 Å². The molecule has 4 rings (SSSR count). The van der Waals surface area contributed by atoms with E-state index < -0.39 is 52.4 Å². The summed E-state index contributed by atoms with van der Waals surface area (Å²) >= 11 is 0. The van der Waals surface area contributed by atoms with Crippen LogP contribution in [0.1, 0.15) is 40.0 Å². The van der Waals surface area contributed by atoms with Crippen LogP contribution in [0.4, 0.5) is 0 Å². The van der Waals surface area contributed by atoms with Crippen molar-refractivity contribution in [3.63, 3.8) is 0 Å². The van der Waals surface area contributed by atoms with Crippen LogP contribution in [-0.2, 0) is 33.4 Å². The number of ether oxygens (including phenoxy) is 3. The molecule has 1 saturated carbocycles. The van der Waals surface area contributed by atoms with Crippen molar-refractivity contribution in [2.75, 3.05) is 26.8 Å². The van der Waals surface area contributed by atoms with Crippen molar-refractivity contribution in [1.29, 1.82) is 0 Å². The van der Waals surface area contributed by atoms with Gasteiger partial charge in [0, 0.05) is 68.6 Å². The molecule has 38 heavy (non-hydrogen) atoms. The summed E-state index contributed by atoms with van der Waals surface area (Å²) in [5, 5.41) is 11.5. The van der Waals surface area contributed by atoms with Gasteiger partial charge < -0.3 is 24.2 Å². The molecular formula is C29H35NO8. The number of esters is 2. The molecule has 2 fully saturated rings. The van der Waals surface area contributed by atoms with Crippen molar-refractivity contribution < 1.29 is 38.5 Å². The molecule has 0 bridgehead atoms. The third kappa shape index (κ3) is 4.04. The van der Waals surface area contributed by atoms with Gasteiger partial charge in [0.15, 0.2) is 5.76 Å². The molecule has 0 spiro atoms. The van der Waals surface area contributed by atoms with E-state index in [4.69, 9.17) is 14.2 Å².